The molecule has 2 aliphatic rings. The minimum absolute atomic E-state index is 0.105. The summed E-state index contributed by atoms with van der Waals surface area (Å²) in [7, 11) is 0. The van der Waals surface area contributed by atoms with Crippen LogP contribution < -0.4 is 5.32 Å². The number of ether oxygens (including phenoxy) is 1. The monoisotopic (exact) mass is 313 g/mol. The van der Waals surface area contributed by atoms with E-state index in [1.54, 1.807) is 0 Å². The Morgan fingerprint density at radius 1 is 1.29 bits per heavy atom. The molecule has 7 heteroatoms. The number of carbonyl (C=O) groups is 2. The number of halogens is 2. The fourth-order valence-electron chi connectivity index (χ4n) is 3.12. The lowest BCUT2D eigenvalue weighted by Gasteiger charge is -2.23. The molecule has 1 aromatic rings. The fraction of sp³-hybridized carbons (Fsp3) is 0.429. The summed E-state index contributed by atoms with van der Waals surface area (Å²) in [6, 6.07) is 3.81. The number of nitrogens with one attached hydrogen (secondary N) is 1. The number of rotatable bonds is 3. The van der Waals surface area contributed by atoms with Crippen LogP contribution in [0.3, 0.4) is 0 Å². The number of hydrogen-bond acceptors (Lipinski definition) is 3. The number of carboxylic acid groups (broad SMARTS) is 1. The number of carboxylic acids is 1. The summed E-state index contributed by atoms with van der Waals surface area (Å²) < 4.78 is 18.6. The number of fused-ring (bicyclic) bond motifs is 2. The third-order valence-electron chi connectivity index (χ3n) is 4.05. The van der Waals surface area contributed by atoms with Crippen LogP contribution in [0.4, 0.5) is 10.1 Å². The highest BCUT2D eigenvalue weighted by Gasteiger charge is 2.55. The molecule has 1 amide bonds. The van der Waals surface area contributed by atoms with Gasteiger partial charge in [0.1, 0.15) is 5.82 Å². The number of hydrogen-bond donors (Lipinski definition) is 2. The van der Waals surface area contributed by atoms with Gasteiger partial charge in [-0.15, -0.1) is 0 Å². The van der Waals surface area contributed by atoms with Gasteiger partial charge >= 0.3 is 5.97 Å². The summed E-state index contributed by atoms with van der Waals surface area (Å²) in [4.78, 5) is 23.7. The molecule has 0 radical (unpaired) electrons. The molecule has 2 heterocycles. The van der Waals surface area contributed by atoms with E-state index in [1.807, 2.05) is 0 Å². The Hall–Kier alpha value is -1.66. The zero-order chi connectivity index (χ0) is 15.1. The first kappa shape index (κ1) is 14.3. The minimum Gasteiger partial charge on any atom is -0.481 e. The molecule has 0 spiro atoms. The van der Waals surface area contributed by atoms with Gasteiger partial charge < -0.3 is 15.2 Å². The van der Waals surface area contributed by atoms with Gasteiger partial charge in [0, 0.05) is 5.69 Å². The zero-order valence-corrected chi connectivity index (χ0v) is 11.6. The topological polar surface area (TPSA) is 75.6 Å². The SMILES string of the molecule is O=C(Nc1ccc(F)c(Cl)c1)[C@@H]1[C@H](C(=O)O)[C@@H]2CC[C@H]1O2. The maximum absolute atomic E-state index is 13.1. The molecule has 2 aliphatic heterocycles. The largest absolute Gasteiger partial charge is 0.481 e. The third-order valence-corrected chi connectivity index (χ3v) is 4.34. The second kappa shape index (κ2) is 5.27. The Balaban J connectivity index is 1.78. The molecule has 2 saturated heterocycles. The maximum atomic E-state index is 13.1. The number of carbonyl (C=O) groups excluding carboxylic acids is 1. The highest BCUT2D eigenvalue weighted by molar-refractivity contribution is 6.31. The first-order valence-corrected chi connectivity index (χ1v) is 6.99. The maximum Gasteiger partial charge on any atom is 0.310 e. The molecule has 3 rings (SSSR count). The van der Waals surface area contributed by atoms with E-state index in [-0.39, 0.29) is 11.1 Å². The zero-order valence-electron chi connectivity index (χ0n) is 10.9. The van der Waals surface area contributed by atoms with Crippen LogP contribution in [0, 0.1) is 17.7 Å². The van der Waals surface area contributed by atoms with Crippen molar-refractivity contribution in [2.45, 2.75) is 25.0 Å². The van der Waals surface area contributed by atoms with E-state index in [0.717, 1.165) is 6.07 Å². The molecule has 2 fully saturated rings. The highest BCUT2D eigenvalue weighted by atomic mass is 35.5. The van der Waals surface area contributed by atoms with E-state index in [2.05, 4.69) is 5.32 Å². The van der Waals surface area contributed by atoms with Crippen LogP contribution >= 0.6 is 11.6 Å². The fourth-order valence-corrected chi connectivity index (χ4v) is 3.30. The lowest BCUT2D eigenvalue weighted by atomic mass is 9.78. The van der Waals surface area contributed by atoms with Crippen molar-refractivity contribution in [2.24, 2.45) is 11.8 Å². The molecule has 5 nitrogen and oxygen atoms in total. The first-order valence-electron chi connectivity index (χ1n) is 6.61. The quantitative estimate of drug-likeness (QED) is 0.898. The number of amides is 1. The van der Waals surface area contributed by atoms with E-state index in [0.29, 0.717) is 18.5 Å². The van der Waals surface area contributed by atoms with Crippen molar-refractivity contribution in [3.63, 3.8) is 0 Å². The van der Waals surface area contributed by atoms with Crippen LogP contribution in [0.1, 0.15) is 12.8 Å². The number of benzene rings is 1. The molecule has 0 aromatic heterocycles. The molecule has 112 valence electrons. The average molecular weight is 314 g/mol. The molecule has 2 N–H and O–H groups in total. The number of aliphatic carboxylic acids is 1. The van der Waals surface area contributed by atoms with Crippen LogP contribution in [-0.2, 0) is 14.3 Å². The predicted octanol–water partition coefficient (Wildman–Crippen LogP) is 2.30. The summed E-state index contributed by atoms with van der Waals surface area (Å²) in [5.74, 6) is -3.61. The average Bonchev–Trinajstić information content (AvgIpc) is 3.03. The van der Waals surface area contributed by atoms with Crippen molar-refractivity contribution in [1.82, 2.24) is 0 Å². The first-order chi connectivity index (χ1) is 9.97. The van der Waals surface area contributed by atoms with Crippen LogP contribution in [-0.4, -0.2) is 29.2 Å². The highest BCUT2D eigenvalue weighted by Crippen LogP contribution is 2.44. The molecular weight excluding hydrogens is 301 g/mol. The van der Waals surface area contributed by atoms with Crippen LogP contribution in [0.15, 0.2) is 18.2 Å². The van der Waals surface area contributed by atoms with Crippen molar-refractivity contribution in [2.75, 3.05) is 5.32 Å². The summed E-state index contributed by atoms with van der Waals surface area (Å²) in [5, 5.41) is 11.8. The molecule has 0 aliphatic carbocycles. The minimum atomic E-state index is -1.03. The summed E-state index contributed by atoms with van der Waals surface area (Å²) >= 11 is 5.65. The van der Waals surface area contributed by atoms with Crippen LogP contribution in [0.2, 0.25) is 5.02 Å². The van der Waals surface area contributed by atoms with Crippen molar-refractivity contribution in [3.05, 3.63) is 29.0 Å². The Bertz CT molecular complexity index is 609. The van der Waals surface area contributed by atoms with Gasteiger partial charge in [0.05, 0.1) is 29.1 Å². The Kier molecular flexibility index (Phi) is 3.59. The lowest BCUT2D eigenvalue weighted by molar-refractivity contribution is -0.147. The molecule has 4 atom stereocenters. The Morgan fingerprint density at radius 2 is 1.95 bits per heavy atom. The number of anilines is 1. The van der Waals surface area contributed by atoms with Crippen molar-refractivity contribution in [1.29, 1.82) is 0 Å². The summed E-state index contributed by atoms with van der Waals surface area (Å²) in [6.45, 7) is 0. The Morgan fingerprint density at radius 3 is 2.57 bits per heavy atom. The lowest BCUT2D eigenvalue weighted by Crippen LogP contribution is -2.40. The summed E-state index contributed by atoms with van der Waals surface area (Å²) in [6.07, 6.45) is 0.567. The van der Waals surface area contributed by atoms with E-state index >= 15 is 0 Å². The van der Waals surface area contributed by atoms with Gasteiger partial charge in [-0.3, -0.25) is 9.59 Å². The standard InChI is InChI=1S/C14H13ClFNO4/c15-7-5-6(1-2-8(7)16)17-13(18)11-9-3-4-10(21-9)12(11)14(19)20/h1-2,5,9-12H,3-4H2,(H,17,18)(H,19,20)/t9-,10+,11+,12-/m1/s1. The van der Waals surface area contributed by atoms with Crippen molar-refractivity contribution >= 4 is 29.2 Å². The van der Waals surface area contributed by atoms with Gasteiger partial charge in [-0.25, -0.2) is 4.39 Å². The van der Waals surface area contributed by atoms with Gasteiger partial charge in [-0.05, 0) is 31.0 Å². The second-order valence-electron chi connectivity index (χ2n) is 5.30. The van der Waals surface area contributed by atoms with E-state index in [1.165, 1.54) is 12.1 Å². The molecule has 0 saturated carbocycles. The predicted molar refractivity (Wildman–Crippen MR) is 72.6 cm³/mol. The van der Waals surface area contributed by atoms with Gasteiger partial charge in [0.15, 0.2) is 0 Å². The van der Waals surface area contributed by atoms with Gasteiger partial charge in [0.25, 0.3) is 0 Å². The van der Waals surface area contributed by atoms with Crippen LogP contribution in [0.25, 0.3) is 0 Å². The molecule has 1 aromatic carbocycles. The molecule has 0 unspecified atom stereocenters. The van der Waals surface area contributed by atoms with Crippen LogP contribution in [0.5, 0.6) is 0 Å². The molecule has 2 bridgehead atoms. The smallest absolute Gasteiger partial charge is 0.310 e. The summed E-state index contributed by atoms with van der Waals surface area (Å²) in [5.41, 5.74) is 0.332. The van der Waals surface area contributed by atoms with E-state index in [9.17, 15) is 19.1 Å². The van der Waals surface area contributed by atoms with Crippen molar-refractivity contribution < 1.29 is 23.8 Å². The molecular formula is C14H13ClFNO4. The van der Waals surface area contributed by atoms with E-state index < -0.39 is 35.6 Å². The van der Waals surface area contributed by atoms with Gasteiger partial charge in [-0.1, -0.05) is 11.6 Å². The van der Waals surface area contributed by atoms with Crippen molar-refractivity contribution in [3.8, 4) is 0 Å². The van der Waals surface area contributed by atoms with E-state index in [4.69, 9.17) is 16.3 Å². The second-order valence-corrected chi connectivity index (χ2v) is 5.71. The Labute approximate surface area is 125 Å². The van der Waals surface area contributed by atoms with Gasteiger partial charge in [0.2, 0.25) is 5.91 Å². The van der Waals surface area contributed by atoms with Gasteiger partial charge in [-0.2, -0.15) is 0 Å². The normalized spacial score (nSPS) is 30.4. The molecule has 21 heavy (non-hydrogen) atoms. The third kappa shape index (κ3) is 2.49.